The minimum atomic E-state index is -1.21. The Bertz CT molecular complexity index is 748. The van der Waals surface area contributed by atoms with Crippen LogP contribution in [0, 0.1) is 5.82 Å². The van der Waals surface area contributed by atoms with Gasteiger partial charge in [-0.05, 0) is 30.7 Å². The number of esters is 1. The van der Waals surface area contributed by atoms with Crippen LogP contribution in [0.1, 0.15) is 27.6 Å². The van der Waals surface area contributed by atoms with Crippen molar-refractivity contribution in [1.82, 2.24) is 4.98 Å². The molecule has 2 aromatic rings. The Balaban J connectivity index is 2.49. The lowest BCUT2D eigenvalue weighted by Crippen LogP contribution is -2.07. The molecule has 0 saturated carbocycles. The smallest absolute Gasteiger partial charge is 0.341 e. The molecule has 0 spiro atoms. The van der Waals surface area contributed by atoms with E-state index in [2.05, 4.69) is 4.98 Å². The molecule has 7 heteroatoms. The van der Waals surface area contributed by atoms with E-state index < -0.39 is 17.8 Å². The Hall–Kier alpha value is -2.47. The highest BCUT2D eigenvalue weighted by atomic mass is 35.5. The fourth-order valence-electron chi connectivity index (χ4n) is 1.89. The van der Waals surface area contributed by atoms with Crippen molar-refractivity contribution >= 4 is 23.5 Å². The fraction of sp³-hybridized carbons (Fsp3) is 0.133. The monoisotopic (exact) mass is 323 g/mol. The van der Waals surface area contributed by atoms with Crippen molar-refractivity contribution in [2.45, 2.75) is 6.92 Å². The molecule has 0 aliphatic rings. The van der Waals surface area contributed by atoms with E-state index in [-0.39, 0.29) is 34.0 Å². The molecule has 0 aliphatic carbocycles. The van der Waals surface area contributed by atoms with E-state index in [0.29, 0.717) is 0 Å². The fourth-order valence-corrected chi connectivity index (χ4v) is 2.05. The van der Waals surface area contributed by atoms with Crippen LogP contribution < -0.4 is 0 Å². The number of pyridine rings is 1. The molecule has 0 amide bonds. The number of nitrogens with zero attached hydrogens (tertiary/aromatic N) is 1. The largest absolute Gasteiger partial charge is 0.478 e. The molecule has 0 saturated heterocycles. The van der Waals surface area contributed by atoms with E-state index in [9.17, 15) is 19.1 Å². The first-order valence-corrected chi connectivity index (χ1v) is 6.67. The van der Waals surface area contributed by atoms with Crippen molar-refractivity contribution in [3.05, 3.63) is 52.6 Å². The number of hydrogen-bond acceptors (Lipinski definition) is 4. The molecule has 0 atom stereocenters. The van der Waals surface area contributed by atoms with Gasteiger partial charge in [-0.2, -0.15) is 0 Å². The molecule has 1 heterocycles. The Morgan fingerprint density at radius 3 is 2.64 bits per heavy atom. The van der Waals surface area contributed by atoms with Gasteiger partial charge in [0.1, 0.15) is 11.0 Å². The molecule has 0 bridgehead atoms. The Kier molecular flexibility index (Phi) is 4.72. The summed E-state index contributed by atoms with van der Waals surface area (Å²) in [5.41, 5.74) is 0.144. The molecule has 0 fully saturated rings. The summed E-state index contributed by atoms with van der Waals surface area (Å²) < 4.78 is 18.8. The standard InChI is InChI=1S/C15H11ClFNO4/c1-2-22-15(21)9-4-3-8(5-12(9)17)11-7-18-13(16)6-10(11)14(19)20/h3-7H,2H2,1H3,(H,19,20). The van der Waals surface area contributed by atoms with Gasteiger partial charge in [0.2, 0.25) is 0 Å². The summed E-state index contributed by atoms with van der Waals surface area (Å²) in [5.74, 6) is -2.80. The average Bonchev–Trinajstić information content (AvgIpc) is 2.47. The number of benzene rings is 1. The van der Waals surface area contributed by atoms with Crippen LogP contribution in [0.3, 0.4) is 0 Å². The first-order valence-electron chi connectivity index (χ1n) is 6.30. The molecule has 1 N–H and O–H groups in total. The van der Waals surface area contributed by atoms with Crippen LogP contribution in [-0.2, 0) is 4.74 Å². The van der Waals surface area contributed by atoms with Gasteiger partial charge in [-0.25, -0.2) is 19.0 Å². The minimum absolute atomic E-state index is 0.0183. The SMILES string of the molecule is CCOC(=O)c1ccc(-c2cnc(Cl)cc2C(=O)O)cc1F. The summed E-state index contributed by atoms with van der Waals surface area (Å²) in [5, 5.41) is 9.20. The zero-order chi connectivity index (χ0) is 16.3. The number of carbonyl (C=O) groups is 2. The highest BCUT2D eigenvalue weighted by molar-refractivity contribution is 6.29. The molecule has 0 unspecified atom stereocenters. The maximum absolute atomic E-state index is 14.0. The molecule has 0 radical (unpaired) electrons. The lowest BCUT2D eigenvalue weighted by atomic mass is 10.0. The van der Waals surface area contributed by atoms with E-state index in [1.165, 1.54) is 24.4 Å². The molecular weight excluding hydrogens is 313 g/mol. The molecule has 114 valence electrons. The first-order chi connectivity index (χ1) is 10.4. The number of carbonyl (C=O) groups excluding carboxylic acids is 1. The molecule has 0 aliphatic heterocycles. The third kappa shape index (κ3) is 3.23. The lowest BCUT2D eigenvalue weighted by Gasteiger charge is -2.08. The summed E-state index contributed by atoms with van der Waals surface area (Å²) in [7, 11) is 0. The van der Waals surface area contributed by atoms with Crippen LogP contribution in [0.25, 0.3) is 11.1 Å². The summed E-state index contributed by atoms with van der Waals surface area (Å²) >= 11 is 5.67. The van der Waals surface area contributed by atoms with Gasteiger partial charge >= 0.3 is 11.9 Å². The maximum atomic E-state index is 14.0. The highest BCUT2D eigenvalue weighted by Gasteiger charge is 2.17. The number of hydrogen-bond donors (Lipinski definition) is 1. The Labute approximate surface area is 130 Å². The van der Waals surface area contributed by atoms with Crippen LogP contribution >= 0.6 is 11.6 Å². The number of carboxylic acid groups (broad SMARTS) is 1. The van der Waals surface area contributed by atoms with Crippen LogP contribution in [0.15, 0.2) is 30.5 Å². The number of carboxylic acids is 1. The van der Waals surface area contributed by atoms with E-state index in [4.69, 9.17) is 16.3 Å². The van der Waals surface area contributed by atoms with Gasteiger partial charge in [-0.1, -0.05) is 17.7 Å². The van der Waals surface area contributed by atoms with Crippen molar-refractivity contribution in [2.24, 2.45) is 0 Å². The van der Waals surface area contributed by atoms with Crippen LogP contribution in [0.4, 0.5) is 4.39 Å². The Morgan fingerprint density at radius 2 is 2.05 bits per heavy atom. The van der Waals surface area contributed by atoms with Crippen LogP contribution in [0.2, 0.25) is 5.15 Å². The van der Waals surface area contributed by atoms with Crippen molar-refractivity contribution in [2.75, 3.05) is 6.61 Å². The Morgan fingerprint density at radius 1 is 1.32 bits per heavy atom. The summed E-state index contributed by atoms with van der Waals surface area (Å²) in [4.78, 5) is 26.6. The number of aromatic carboxylic acids is 1. The van der Waals surface area contributed by atoms with Gasteiger partial charge in [0.05, 0.1) is 17.7 Å². The first kappa shape index (κ1) is 15.9. The van der Waals surface area contributed by atoms with E-state index in [0.717, 1.165) is 6.07 Å². The second-order valence-electron chi connectivity index (χ2n) is 4.27. The molecule has 5 nitrogen and oxygen atoms in total. The lowest BCUT2D eigenvalue weighted by molar-refractivity contribution is 0.0520. The highest BCUT2D eigenvalue weighted by Crippen LogP contribution is 2.27. The maximum Gasteiger partial charge on any atom is 0.341 e. The van der Waals surface area contributed by atoms with Gasteiger partial charge in [0.25, 0.3) is 0 Å². The molecule has 1 aromatic carbocycles. The molecule has 2 rings (SSSR count). The molecule has 1 aromatic heterocycles. The summed E-state index contributed by atoms with van der Waals surface area (Å²) in [6, 6.07) is 4.90. The van der Waals surface area contributed by atoms with Crippen molar-refractivity contribution in [3.8, 4) is 11.1 Å². The normalized spacial score (nSPS) is 10.3. The topological polar surface area (TPSA) is 76.5 Å². The van der Waals surface area contributed by atoms with E-state index in [1.807, 2.05) is 0 Å². The number of aromatic nitrogens is 1. The number of halogens is 2. The van der Waals surface area contributed by atoms with Gasteiger partial charge in [0.15, 0.2) is 0 Å². The second kappa shape index (κ2) is 6.53. The quantitative estimate of drug-likeness (QED) is 0.689. The van der Waals surface area contributed by atoms with Gasteiger partial charge in [-0.3, -0.25) is 0 Å². The third-order valence-electron chi connectivity index (χ3n) is 2.88. The number of ether oxygens (including phenoxy) is 1. The third-order valence-corrected chi connectivity index (χ3v) is 3.08. The van der Waals surface area contributed by atoms with Crippen LogP contribution in [-0.4, -0.2) is 28.6 Å². The zero-order valence-corrected chi connectivity index (χ0v) is 12.2. The zero-order valence-electron chi connectivity index (χ0n) is 11.5. The van der Waals surface area contributed by atoms with Gasteiger partial charge < -0.3 is 9.84 Å². The minimum Gasteiger partial charge on any atom is -0.478 e. The van der Waals surface area contributed by atoms with Crippen LogP contribution in [0.5, 0.6) is 0 Å². The summed E-state index contributed by atoms with van der Waals surface area (Å²) in [6.07, 6.45) is 1.24. The average molecular weight is 324 g/mol. The van der Waals surface area contributed by atoms with Crippen molar-refractivity contribution in [3.63, 3.8) is 0 Å². The van der Waals surface area contributed by atoms with E-state index in [1.54, 1.807) is 6.92 Å². The molecule has 22 heavy (non-hydrogen) atoms. The predicted molar refractivity (Wildman–Crippen MR) is 77.6 cm³/mol. The summed E-state index contributed by atoms with van der Waals surface area (Å²) in [6.45, 7) is 1.74. The van der Waals surface area contributed by atoms with Crippen molar-refractivity contribution in [1.29, 1.82) is 0 Å². The van der Waals surface area contributed by atoms with Gasteiger partial charge in [-0.15, -0.1) is 0 Å². The predicted octanol–water partition coefficient (Wildman–Crippen LogP) is 3.42. The number of rotatable bonds is 4. The van der Waals surface area contributed by atoms with E-state index >= 15 is 0 Å². The second-order valence-corrected chi connectivity index (χ2v) is 4.66. The molecular formula is C15H11ClFNO4. The van der Waals surface area contributed by atoms with Crippen molar-refractivity contribution < 1.29 is 23.8 Å². The van der Waals surface area contributed by atoms with Gasteiger partial charge in [0, 0.05) is 11.8 Å².